The van der Waals surface area contributed by atoms with Crippen LogP contribution in [-0.2, 0) is 17.2 Å². The summed E-state index contributed by atoms with van der Waals surface area (Å²) in [6.07, 6.45) is -4.77. The second-order valence-corrected chi connectivity index (χ2v) is 7.11. The minimum Gasteiger partial charge on any atom is -0.234 e. The van der Waals surface area contributed by atoms with Crippen LogP contribution in [0, 0.1) is 5.82 Å². The summed E-state index contributed by atoms with van der Waals surface area (Å²) in [6.45, 7) is 6.34. The van der Waals surface area contributed by atoms with E-state index >= 15 is 0 Å². The number of nitrogens with zero attached hydrogens (tertiary/aromatic N) is 1. The molecule has 7 heteroatoms. The standard InChI is InChI=1S/C13H15F4NOS/c1-8(18-20(19)12(2,3)4)9-6-5-7-10(11(9)14)13(15,16)17/h5-7H,1-4H3/b18-8+/t20-/m1/s1. The van der Waals surface area contributed by atoms with Gasteiger partial charge in [0.1, 0.15) is 16.8 Å². The SMILES string of the molecule is C/C(=N\[S@](=O)C(C)(C)C)c1cccc(C(F)(F)F)c1F. The number of alkyl halides is 3. The number of hydrogen-bond donors (Lipinski definition) is 0. The van der Waals surface area contributed by atoms with Crippen LogP contribution in [0.4, 0.5) is 17.6 Å². The molecule has 0 aliphatic carbocycles. The van der Waals surface area contributed by atoms with E-state index in [4.69, 9.17) is 0 Å². The fourth-order valence-electron chi connectivity index (χ4n) is 1.34. The lowest BCUT2D eigenvalue weighted by atomic mass is 10.1. The van der Waals surface area contributed by atoms with Gasteiger partial charge in [-0.1, -0.05) is 12.1 Å². The van der Waals surface area contributed by atoms with E-state index in [9.17, 15) is 21.8 Å². The first-order valence-corrected chi connectivity index (χ1v) is 6.88. The Bertz CT molecular complexity index is 558. The maximum Gasteiger partial charge on any atom is 0.419 e. The van der Waals surface area contributed by atoms with E-state index in [1.54, 1.807) is 20.8 Å². The summed E-state index contributed by atoms with van der Waals surface area (Å²) < 4.78 is 66.6. The molecule has 0 aromatic heterocycles. The summed E-state index contributed by atoms with van der Waals surface area (Å²) in [5, 5.41) is 0. The second kappa shape index (κ2) is 5.63. The van der Waals surface area contributed by atoms with Crippen LogP contribution in [0.5, 0.6) is 0 Å². The monoisotopic (exact) mass is 309 g/mol. The largest absolute Gasteiger partial charge is 0.419 e. The van der Waals surface area contributed by atoms with Gasteiger partial charge in [0.25, 0.3) is 0 Å². The van der Waals surface area contributed by atoms with Gasteiger partial charge in [0.2, 0.25) is 0 Å². The smallest absolute Gasteiger partial charge is 0.234 e. The molecule has 1 atom stereocenters. The highest BCUT2D eigenvalue weighted by Gasteiger charge is 2.35. The van der Waals surface area contributed by atoms with Crippen molar-refractivity contribution >= 4 is 16.7 Å². The lowest BCUT2D eigenvalue weighted by molar-refractivity contribution is -0.140. The molecule has 1 aromatic carbocycles. The fraction of sp³-hybridized carbons (Fsp3) is 0.462. The molecule has 1 aromatic rings. The third kappa shape index (κ3) is 3.88. The quantitative estimate of drug-likeness (QED) is 0.597. The van der Waals surface area contributed by atoms with Crippen molar-refractivity contribution in [2.24, 2.45) is 4.40 Å². The topological polar surface area (TPSA) is 29.4 Å². The molecule has 2 nitrogen and oxygen atoms in total. The molecule has 0 fully saturated rings. The highest BCUT2D eigenvalue weighted by Crippen LogP contribution is 2.32. The van der Waals surface area contributed by atoms with E-state index in [2.05, 4.69) is 4.40 Å². The van der Waals surface area contributed by atoms with Crippen LogP contribution < -0.4 is 0 Å². The molecule has 1 rings (SSSR count). The molecule has 0 heterocycles. The van der Waals surface area contributed by atoms with Crippen LogP contribution in [-0.4, -0.2) is 14.7 Å². The Hall–Kier alpha value is -1.24. The minimum absolute atomic E-state index is 0.0261. The molecular formula is C13H15F4NOS. The van der Waals surface area contributed by atoms with Gasteiger partial charge in [0.05, 0.1) is 16.0 Å². The van der Waals surface area contributed by atoms with Crippen molar-refractivity contribution in [3.63, 3.8) is 0 Å². The summed E-state index contributed by atoms with van der Waals surface area (Å²) in [7, 11) is -1.66. The van der Waals surface area contributed by atoms with Crippen LogP contribution in [0.15, 0.2) is 22.6 Å². The zero-order chi connectivity index (χ0) is 15.7. The van der Waals surface area contributed by atoms with Crippen LogP contribution in [0.1, 0.15) is 38.8 Å². The predicted octanol–water partition coefficient (Wildman–Crippen LogP) is 4.12. The molecule has 0 aliphatic heterocycles. The van der Waals surface area contributed by atoms with Gasteiger partial charge in [-0.3, -0.25) is 0 Å². The normalized spacial score (nSPS) is 15.3. The molecule has 0 saturated carbocycles. The van der Waals surface area contributed by atoms with Gasteiger partial charge in [-0.2, -0.15) is 17.6 Å². The first-order valence-electron chi connectivity index (χ1n) is 5.78. The Morgan fingerprint density at radius 3 is 2.20 bits per heavy atom. The summed E-state index contributed by atoms with van der Waals surface area (Å²) in [4.78, 5) is 0. The molecular weight excluding hydrogens is 294 g/mol. The Morgan fingerprint density at radius 2 is 1.75 bits per heavy atom. The highest BCUT2D eigenvalue weighted by atomic mass is 32.2. The first kappa shape index (κ1) is 16.8. The number of rotatable bonds is 2. The van der Waals surface area contributed by atoms with Gasteiger partial charge < -0.3 is 0 Å². The van der Waals surface area contributed by atoms with Crippen LogP contribution in [0.25, 0.3) is 0 Å². The molecule has 0 unspecified atom stereocenters. The second-order valence-electron chi connectivity index (χ2n) is 5.20. The average molecular weight is 309 g/mol. The molecule has 112 valence electrons. The molecule has 0 bridgehead atoms. The van der Waals surface area contributed by atoms with Gasteiger partial charge in [0.15, 0.2) is 0 Å². The first-order chi connectivity index (χ1) is 8.94. The van der Waals surface area contributed by atoms with Gasteiger partial charge in [-0.15, -0.1) is 0 Å². The molecule has 0 radical (unpaired) electrons. The molecule has 20 heavy (non-hydrogen) atoms. The van der Waals surface area contributed by atoms with E-state index < -0.39 is 33.3 Å². The Kier molecular flexibility index (Phi) is 4.74. The molecule has 0 N–H and O–H groups in total. The van der Waals surface area contributed by atoms with Gasteiger partial charge >= 0.3 is 6.18 Å². The average Bonchev–Trinajstić information content (AvgIpc) is 2.26. The molecule has 0 saturated heterocycles. The van der Waals surface area contributed by atoms with E-state index in [0.29, 0.717) is 6.07 Å². The van der Waals surface area contributed by atoms with Crippen LogP contribution >= 0.6 is 0 Å². The number of benzene rings is 1. The molecule has 0 spiro atoms. The van der Waals surface area contributed by atoms with Crippen molar-refractivity contribution in [1.82, 2.24) is 0 Å². The van der Waals surface area contributed by atoms with Gasteiger partial charge in [0, 0.05) is 5.56 Å². The summed E-state index contributed by atoms with van der Waals surface area (Å²) >= 11 is 0. The summed E-state index contributed by atoms with van der Waals surface area (Å²) in [5.74, 6) is -1.40. The zero-order valence-electron chi connectivity index (χ0n) is 11.5. The Labute approximate surface area is 117 Å². The van der Waals surface area contributed by atoms with Crippen molar-refractivity contribution in [1.29, 1.82) is 0 Å². The van der Waals surface area contributed by atoms with Gasteiger partial charge in [-0.05, 0) is 33.8 Å². The van der Waals surface area contributed by atoms with Crippen molar-refractivity contribution in [3.05, 3.63) is 35.1 Å². The van der Waals surface area contributed by atoms with Crippen molar-refractivity contribution < 1.29 is 21.8 Å². The van der Waals surface area contributed by atoms with Crippen molar-refractivity contribution in [3.8, 4) is 0 Å². The number of hydrogen-bond acceptors (Lipinski definition) is 1. The number of halogens is 4. The summed E-state index contributed by atoms with van der Waals surface area (Å²) in [5.41, 5.74) is -1.68. The maximum atomic E-state index is 13.9. The molecule has 0 aliphatic rings. The van der Waals surface area contributed by atoms with E-state index in [1.807, 2.05) is 0 Å². The van der Waals surface area contributed by atoms with Crippen LogP contribution in [0.2, 0.25) is 0 Å². The third-order valence-electron chi connectivity index (χ3n) is 2.44. The van der Waals surface area contributed by atoms with Crippen LogP contribution in [0.3, 0.4) is 0 Å². The lowest BCUT2D eigenvalue weighted by Crippen LogP contribution is -2.21. The van der Waals surface area contributed by atoms with E-state index in [0.717, 1.165) is 6.07 Å². The lowest BCUT2D eigenvalue weighted by Gasteiger charge is -2.15. The fourth-order valence-corrected chi connectivity index (χ4v) is 1.96. The van der Waals surface area contributed by atoms with Gasteiger partial charge in [-0.25, -0.2) is 8.60 Å². The third-order valence-corrected chi connectivity index (χ3v) is 3.93. The molecule has 0 amide bonds. The van der Waals surface area contributed by atoms with E-state index in [1.165, 1.54) is 13.0 Å². The predicted molar refractivity (Wildman–Crippen MR) is 71.5 cm³/mol. The Balaban J connectivity index is 3.29. The Morgan fingerprint density at radius 1 is 1.20 bits per heavy atom. The zero-order valence-corrected chi connectivity index (χ0v) is 12.3. The van der Waals surface area contributed by atoms with E-state index in [-0.39, 0.29) is 11.3 Å². The van der Waals surface area contributed by atoms with Crippen molar-refractivity contribution in [2.45, 2.75) is 38.6 Å². The van der Waals surface area contributed by atoms with Crippen molar-refractivity contribution in [2.75, 3.05) is 0 Å². The minimum atomic E-state index is -4.77. The highest BCUT2D eigenvalue weighted by molar-refractivity contribution is 7.85. The summed E-state index contributed by atoms with van der Waals surface area (Å²) in [6, 6.07) is 2.94. The maximum absolute atomic E-state index is 13.9.